The van der Waals surface area contributed by atoms with Gasteiger partial charge in [0.05, 0.1) is 0 Å². The lowest BCUT2D eigenvalue weighted by Gasteiger charge is -1.97. The van der Waals surface area contributed by atoms with E-state index in [0.717, 1.165) is 16.8 Å². The Morgan fingerprint density at radius 2 is 2.08 bits per heavy atom. The Hall–Kier alpha value is -1.58. The van der Waals surface area contributed by atoms with Crippen molar-refractivity contribution in [3.8, 4) is 0 Å². The number of hydrogen-bond acceptors (Lipinski definition) is 2. The molecule has 0 radical (unpaired) electrons. The Balaban J connectivity index is 2.85. The van der Waals surface area contributed by atoms with Crippen molar-refractivity contribution in [3.63, 3.8) is 0 Å². The molecule has 1 aromatic heterocycles. The second-order valence-electron chi connectivity index (χ2n) is 2.98. The number of carboxylic acid groups (broad SMARTS) is 1. The summed E-state index contributed by atoms with van der Waals surface area (Å²) < 4.78 is 0. The molecule has 0 amide bonds. The van der Waals surface area contributed by atoms with Crippen molar-refractivity contribution in [3.05, 3.63) is 23.0 Å². The van der Waals surface area contributed by atoms with Crippen molar-refractivity contribution >= 4 is 11.8 Å². The van der Waals surface area contributed by atoms with E-state index in [0.29, 0.717) is 0 Å². The molecule has 0 bridgehead atoms. The highest BCUT2D eigenvalue weighted by Crippen LogP contribution is 2.12. The van der Waals surface area contributed by atoms with Gasteiger partial charge in [-0.15, -0.1) is 0 Å². The molecule has 0 aliphatic rings. The minimum atomic E-state index is -1.37. The Bertz CT molecular complexity index is 332. The van der Waals surface area contributed by atoms with Gasteiger partial charge in [0, 0.05) is 18.3 Å². The van der Waals surface area contributed by atoms with E-state index in [9.17, 15) is 9.59 Å². The molecule has 0 aromatic carbocycles. The normalized spacial score (nSPS) is 10.0. The van der Waals surface area contributed by atoms with Crippen LogP contribution in [-0.4, -0.2) is 21.8 Å². The van der Waals surface area contributed by atoms with E-state index in [4.69, 9.17) is 5.11 Å². The molecule has 0 aliphatic carbocycles. The van der Waals surface area contributed by atoms with Gasteiger partial charge in [0.2, 0.25) is 5.78 Å². The largest absolute Gasteiger partial charge is 0.475 e. The summed E-state index contributed by atoms with van der Waals surface area (Å²) >= 11 is 0. The van der Waals surface area contributed by atoms with Crippen LogP contribution in [-0.2, 0) is 16.0 Å². The van der Waals surface area contributed by atoms with E-state index in [1.54, 1.807) is 6.20 Å². The number of hydrogen-bond donors (Lipinski definition) is 2. The fraction of sp³-hybridized carbons (Fsp3) is 0.333. The summed E-state index contributed by atoms with van der Waals surface area (Å²) in [6, 6.07) is 0. The number of H-pyrrole nitrogens is 1. The van der Waals surface area contributed by atoms with Crippen LogP contribution in [0.15, 0.2) is 6.20 Å². The highest BCUT2D eigenvalue weighted by atomic mass is 16.4. The number of ketones is 1. The van der Waals surface area contributed by atoms with Gasteiger partial charge in [0.25, 0.3) is 0 Å². The molecular weight excluding hydrogens is 170 g/mol. The van der Waals surface area contributed by atoms with E-state index in [1.807, 2.05) is 13.8 Å². The molecule has 13 heavy (non-hydrogen) atoms. The summed E-state index contributed by atoms with van der Waals surface area (Å²) in [5.74, 6) is -2.15. The van der Waals surface area contributed by atoms with Crippen LogP contribution in [0.25, 0.3) is 0 Å². The fourth-order valence-corrected chi connectivity index (χ4v) is 1.19. The number of nitrogens with one attached hydrogen (secondary N) is 1. The van der Waals surface area contributed by atoms with E-state index < -0.39 is 11.8 Å². The minimum absolute atomic E-state index is 0.0312. The van der Waals surface area contributed by atoms with Crippen LogP contribution < -0.4 is 0 Å². The van der Waals surface area contributed by atoms with Crippen LogP contribution in [0.4, 0.5) is 0 Å². The molecule has 0 spiro atoms. The molecule has 4 nitrogen and oxygen atoms in total. The Labute approximate surface area is 75.6 Å². The predicted octanol–water partition coefficient (Wildman–Crippen LogP) is 0.828. The van der Waals surface area contributed by atoms with Crippen molar-refractivity contribution in [1.82, 2.24) is 4.98 Å². The third-order valence-corrected chi connectivity index (χ3v) is 2.01. The number of aromatic nitrogens is 1. The van der Waals surface area contributed by atoms with Gasteiger partial charge in [0.1, 0.15) is 0 Å². The van der Waals surface area contributed by atoms with E-state index in [1.165, 1.54) is 0 Å². The first kappa shape index (κ1) is 9.51. The number of carbonyl (C=O) groups is 2. The third-order valence-electron chi connectivity index (χ3n) is 2.01. The second-order valence-corrected chi connectivity index (χ2v) is 2.98. The molecule has 0 saturated heterocycles. The summed E-state index contributed by atoms with van der Waals surface area (Å²) in [6.45, 7) is 3.66. The maximum atomic E-state index is 10.9. The SMILES string of the molecule is Cc1c[nH]c(C)c1CC(=O)C(=O)O. The first-order valence-electron chi connectivity index (χ1n) is 3.92. The standard InChI is InChI=1S/C9H11NO3/c1-5-4-10-6(2)7(5)3-8(11)9(12)13/h4,10H,3H2,1-2H3,(H,12,13). The first-order chi connectivity index (χ1) is 6.02. The molecule has 0 atom stereocenters. The summed E-state index contributed by atoms with van der Waals surface area (Å²) in [6.07, 6.45) is 1.73. The summed E-state index contributed by atoms with van der Waals surface area (Å²) in [7, 11) is 0. The highest BCUT2D eigenvalue weighted by molar-refractivity contribution is 6.33. The van der Waals surface area contributed by atoms with E-state index >= 15 is 0 Å². The highest BCUT2D eigenvalue weighted by Gasteiger charge is 2.15. The topological polar surface area (TPSA) is 70.2 Å². The van der Waals surface area contributed by atoms with Gasteiger partial charge in [-0.25, -0.2) is 4.79 Å². The molecule has 1 heterocycles. The first-order valence-corrected chi connectivity index (χ1v) is 3.92. The minimum Gasteiger partial charge on any atom is -0.475 e. The molecule has 1 aromatic rings. The molecule has 0 aliphatic heterocycles. The van der Waals surface area contributed by atoms with Gasteiger partial charge >= 0.3 is 5.97 Å². The molecule has 0 unspecified atom stereocenters. The predicted molar refractivity (Wildman–Crippen MR) is 46.6 cm³/mol. The lowest BCUT2D eigenvalue weighted by atomic mass is 10.1. The van der Waals surface area contributed by atoms with Crippen LogP contribution >= 0.6 is 0 Å². The number of aryl methyl sites for hydroxylation is 2. The number of aromatic amines is 1. The molecule has 0 saturated carbocycles. The summed E-state index contributed by atoms with van der Waals surface area (Å²) in [4.78, 5) is 24.1. The van der Waals surface area contributed by atoms with Crippen molar-refractivity contribution in [2.75, 3.05) is 0 Å². The molecule has 4 heteroatoms. The zero-order valence-corrected chi connectivity index (χ0v) is 7.55. The summed E-state index contributed by atoms with van der Waals surface area (Å²) in [5, 5.41) is 8.40. The van der Waals surface area contributed by atoms with Crippen LogP contribution in [0, 0.1) is 13.8 Å². The number of rotatable bonds is 3. The zero-order chi connectivity index (χ0) is 10.0. The third kappa shape index (κ3) is 1.96. The zero-order valence-electron chi connectivity index (χ0n) is 7.55. The van der Waals surface area contributed by atoms with Crippen molar-refractivity contribution in [1.29, 1.82) is 0 Å². The molecule has 70 valence electrons. The Morgan fingerprint density at radius 1 is 1.46 bits per heavy atom. The van der Waals surface area contributed by atoms with Gasteiger partial charge in [-0.2, -0.15) is 0 Å². The second kappa shape index (κ2) is 3.43. The monoisotopic (exact) mass is 181 g/mol. The number of carbonyl (C=O) groups excluding carboxylic acids is 1. The maximum Gasteiger partial charge on any atom is 0.372 e. The average Bonchev–Trinajstić information content (AvgIpc) is 2.35. The summed E-state index contributed by atoms with van der Waals surface area (Å²) in [5.41, 5.74) is 2.56. The number of Topliss-reactive ketones (excluding diaryl/α,β-unsaturated/α-hetero) is 1. The van der Waals surface area contributed by atoms with Crippen LogP contribution in [0.5, 0.6) is 0 Å². The van der Waals surface area contributed by atoms with Crippen molar-refractivity contribution < 1.29 is 14.7 Å². The number of carboxylic acids is 1. The lowest BCUT2D eigenvalue weighted by molar-refractivity contribution is -0.148. The van der Waals surface area contributed by atoms with Gasteiger partial charge in [-0.05, 0) is 25.0 Å². The van der Waals surface area contributed by atoms with Gasteiger partial charge in [-0.3, -0.25) is 4.79 Å². The Kier molecular flexibility index (Phi) is 2.51. The lowest BCUT2D eigenvalue weighted by Crippen LogP contribution is -2.15. The maximum absolute atomic E-state index is 10.9. The molecule has 2 N–H and O–H groups in total. The smallest absolute Gasteiger partial charge is 0.372 e. The average molecular weight is 181 g/mol. The van der Waals surface area contributed by atoms with Crippen LogP contribution in [0.1, 0.15) is 16.8 Å². The van der Waals surface area contributed by atoms with Crippen molar-refractivity contribution in [2.45, 2.75) is 20.3 Å². The van der Waals surface area contributed by atoms with Gasteiger partial charge in [0.15, 0.2) is 0 Å². The molecule has 1 rings (SSSR count). The van der Waals surface area contributed by atoms with Gasteiger partial charge in [-0.1, -0.05) is 0 Å². The van der Waals surface area contributed by atoms with Crippen LogP contribution in [0.3, 0.4) is 0 Å². The molecular formula is C9H11NO3. The fourth-order valence-electron chi connectivity index (χ4n) is 1.19. The molecule has 0 fully saturated rings. The quantitative estimate of drug-likeness (QED) is 0.678. The van der Waals surface area contributed by atoms with Gasteiger partial charge < -0.3 is 10.1 Å². The van der Waals surface area contributed by atoms with E-state index in [-0.39, 0.29) is 6.42 Å². The Morgan fingerprint density at radius 3 is 2.46 bits per heavy atom. The van der Waals surface area contributed by atoms with Crippen molar-refractivity contribution in [2.24, 2.45) is 0 Å². The van der Waals surface area contributed by atoms with E-state index in [2.05, 4.69) is 4.98 Å². The van der Waals surface area contributed by atoms with Crippen LogP contribution in [0.2, 0.25) is 0 Å². The number of aliphatic carboxylic acids is 1.